The van der Waals surface area contributed by atoms with Crippen molar-refractivity contribution in [3.05, 3.63) is 77.6 Å². The fourth-order valence-corrected chi connectivity index (χ4v) is 8.63. The number of ether oxygens (including phenoxy) is 1. The normalized spacial score (nSPS) is 14.8. The van der Waals surface area contributed by atoms with Crippen LogP contribution in [0.2, 0.25) is 0 Å². The molecule has 0 spiro atoms. The molecule has 0 radical (unpaired) electrons. The molecular weight excluding hydrogens is 850 g/mol. The average molecular weight is 889 g/mol. The molecule has 0 saturated carbocycles. The van der Waals surface area contributed by atoms with E-state index < -0.39 is 0 Å². The lowest BCUT2D eigenvalue weighted by Gasteiger charge is -2.13. The van der Waals surface area contributed by atoms with Crippen LogP contribution in [-0.4, -0.2) is 62.8 Å². The summed E-state index contributed by atoms with van der Waals surface area (Å²) in [6.07, 6.45) is 9.89. The predicted molar refractivity (Wildman–Crippen MR) is 210 cm³/mol. The summed E-state index contributed by atoms with van der Waals surface area (Å²) < 4.78 is 8.67. The predicted octanol–water partition coefficient (Wildman–Crippen LogP) is 10.8. The molecule has 3 aromatic carbocycles. The van der Waals surface area contributed by atoms with Gasteiger partial charge in [0.05, 0.1) is 34.3 Å². The number of halogens is 3. The molecule has 3 aliphatic heterocycles. The van der Waals surface area contributed by atoms with Gasteiger partial charge in [0.1, 0.15) is 25.6 Å². The van der Waals surface area contributed by atoms with Crippen LogP contribution in [0.5, 0.6) is 5.75 Å². The molecule has 0 N–H and O–H groups in total. The third-order valence-corrected chi connectivity index (χ3v) is 12.1. The third kappa shape index (κ3) is 9.33. The Morgan fingerprint density at radius 3 is 1.51 bits per heavy atom. The number of benzene rings is 3. The van der Waals surface area contributed by atoms with E-state index in [0.29, 0.717) is 19.8 Å². The number of thioether (sulfide) groups is 3. The number of nitrogens with zero attached hydrogens (tertiary/aromatic N) is 3. The van der Waals surface area contributed by atoms with Gasteiger partial charge in [0.2, 0.25) is 0 Å². The van der Waals surface area contributed by atoms with Crippen molar-refractivity contribution in [2.45, 2.75) is 54.2 Å². The Labute approximate surface area is 315 Å². The van der Waals surface area contributed by atoms with Gasteiger partial charge in [0.25, 0.3) is 0 Å². The number of methoxy groups -OCH3 is 1. The highest BCUT2D eigenvalue weighted by Crippen LogP contribution is 2.37. The molecule has 0 amide bonds. The van der Waals surface area contributed by atoms with E-state index in [1.165, 1.54) is 32.0 Å². The summed E-state index contributed by atoms with van der Waals surface area (Å²) in [5, 5.41) is 12.3. The quantitative estimate of drug-likeness (QED) is 0.209. The first-order valence-corrected chi connectivity index (χ1v) is 21.0. The molecule has 0 aromatic heterocycles. The Balaban J connectivity index is 0.000000160. The molecule has 0 saturated heterocycles. The molecule has 3 heterocycles. The Morgan fingerprint density at radius 2 is 1.06 bits per heavy atom. The van der Waals surface area contributed by atoms with E-state index in [-0.39, 0.29) is 0 Å². The van der Waals surface area contributed by atoms with Gasteiger partial charge in [-0.3, -0.25) is 0 Å². The van der Waals surface area contributed by atoms with Crippen molar-refractivity contribution in [1.82, 2.24) is 0 Å². The van der Waals surface area contributed by atoms with Crippen LogP contribution in [0.4, 0.5) is 0 Å². The number of hydrogen-bond acceptors (Lipinski definition) is 10. The van der Waals surface area contributed by atoms with Crippen molar-refractivity contribution in [1.29, 1.82) is 0 Å². The SMILES string of the molecule is CCc1c(Br)ccc(SC)c1C1=NOCC1.COc1c(Br)ccc(SC)c1C1=NOCC1.CSc1ccc(Br)c(C)c1C1=NOCC1. The summed E-state index contributed by atoms with van der Waals surface area (Å²) in [6.45, 7) is 6.34. The van der Waals surface area contributed by atoms with Crippen LogP contribution in [0.1, 0.15) is 54.0 Å². The molecular formula is C34H38Br3N3O4S3. The van der Waals surface area contributed by atoms with Gasteiger partial charge in [-0.15, -0.1) is 35.3 Å². The van der Waals surface area contributed by atoms with E-state index in [1.54, 1.807) is 42.4 Å². The molecule has 0 atom stereocenters. The summed E-state index contributed by atoms with van der Waals surface area (Å²) in [7, 11) is 1.67. The first-order valence-electron chi connectivity index (χ1n) is 15.0. The van der Waals surface area contributed by atoms with Crippen molar-refractivity contribution in [3.63, 3.8) is 0 Å². The molecule has 252 valence electrons. The topological polar surface area (TPSA) is 74.0 Å². The monoisotopic (exact) mass is 885 g/mol. The van der Waals surface area contributed by atoms with Crippen LogP contribution < -0.4 is 4.74 Å². The van der Waals surface area contributed by atoms with Crippen LogP contribution in [0.3, 0.4) is 0 Å². The highest BCUT2D eigenvalue weighted by atomic mass is 79.9. The minimum Gasteiger partial charge on any atom is -0.495 e. The second-order valence-electron chi connectivity index (χ2n) is 10.2. The largest absolute Gasteiger partial charge is 0.495 e. The second-order valence-corrected chi connectivity index (χ2v) is 15.3. The van der Waals surface area contributed by atoms with E-state index in [4.69, 9.17) is 19.2 Å². The fourth-order valence-electron chi connectivity index (χ4n) is 5.25. The number of hydrogen-bond donors (Lipinski definition) is 0. The van der Waals surface area contributed by atoms with Crippen LogP contribution in [0, 0.1) is 6.92 Å². The zero-order chi connectivity index (χ0) is 33.9. The van der Waals surface area contributed by atoms with E-state index in [0.717, 1.165) is 72.4 Å². The molecule has 3 aliphatic rings. The van der Waals surface area contributed by atoms with Crippen molar-refractivity contribution >= 4 is 100 Å². The lowest BCUT2D eigenvalue weighted by atomic mass is 9.99. The summed E-state index contributed by atoms with van der Waals surface area (Å²) in [4.78, 5) is 18.9. The molecule has 0 bridgehead atoms. The molecule has 6 rings (SSSR count). The van der Waals surface area contributed by atoms with E-state index in [1.807, 2.05) is 12.3 Å². The Kier molecular flexibility index (Phi) is 15.4. The number of rotatable bonds is 8. The van der Waals surface area contributed by atoms with E-state index in [9.17, 15) is 0 Å². The van der Waals surface area contributed by atoms with Crippen molar-refractivity contribution in [2.75, 3.05) is 45.7 Å². The highest BCUT2D eigenvalue weighted by Gasteiger charge is 2.22. The molecule has 7 nitrogen and oxygen atoms in total. The van der Waals surface area contributed by atoms with Crippen LogP contribution in [0.25, 0.3) is 0 Å². The molecule has 0 unspecified atom stereocenters. The summed E-state index contributed by atoms with van der Waals surface area (Å²) in [6, 6.07) is 12.5. The van der Waals surface area contributed by atoms with Gasteiger partial charge in [-0.25, -0.2) is 0 Å². The van der Waals surface area contributed by atoms with Crippen molar-refractivity contribution < 1.29 is 19.2 Å². The van der Waals surface area contributed by atoms with Crippen LogP contribution in [-0.2, 0) is 20.9 Å². The summed E-state index contributed by atoms with van der Waals surface area (Å²) >= 11 is 15.8. The van der Waals surface area contributed by atoms with Gasteiger partial charge in [-0.05, 0) is 95.6 Å². The second kappa shape index (κ2) is 18.9. The van der Waals surface area contributed by atoms with E-state index >= 15 is 0 Å². The molecule has 3 aromatic rings. The maximum absolute atomic E-state index is 5.43. The van der Waals surface area contributed by atoms with Crippen LogP contribution in [0.15, 0.2) is 80.0 Å². The van der Waals surface area contributed by atoms with Gasteiger partial charge in [0, 0.05) is 54.0 Å². The highest BCUT2D eigenvalue weighted by molar-refractivity contribution is 9.11. The van der Waals surface area contributed by atoms with Gasteiger partial charge in [0.15, 0.2) is 0 Å². The van der Waals surface area contributed by atoms with Crippen molar-refractivity contribution in [3.8, 4) is 5.75 Å². The zero-order valence-corrected chi connectivity index (χ0v) is 34.5. The van der Waals surface area contributed by atoms with Gasteiger partial charge >= 0.3 is 0 Å². The standard InChI is InChI=1S/C12H14BrNOS.C11H12BrNO2S.C11H12BrNOS/c1-3-8-9(13)4-5-11(16-2)12(8)10-6-7-15-14-10;1-14-11-7(12)3-4-9(16-2)10(11)8-5-6-15-13-8;1-7-8(12)3-4-10(15-2)11(7)9-5-6-14-13-9/h4-5H,3,6-7H2,1-2H3;3-4H,5-6H2,1-2H3;3-4H,5-6H2,1-2H3. The minimum atomic E-state index is 0.652. The Bertz CT molecular complexity index is 1590. The maximum atomic E-state index is 5.43. The smallest absolute Gasteiger partial charge is 0.143 e. The molecule has 47 heavy (non-hydrogen) atoms. The zero-order valence-electron chi connectivity index (χ0n) is 27.2. The van der Waals surface area contributed by atoms with E-state index in [2.05, 4.69) is 120 Å². The Hall–Kier alpha value is -1.64. The number of oxime groups is 3. The van der Waals surface area contributed by atoms with Crippen molar-refractivity contribution in [2.24, 2.45) is 15.5 Å². The minimum absolute atomic E-state index is 0.652. The summed E-state index contributed by atoms with van der Waals surface area (Å²) in [5.41, 5.74) is 9.23. The summed E-state index contributed by atoms with van der Waals surface area (Å²) in [5.74, 6) is 0.830. The third-order valence-electron chi connectivity index (χ3n) is 7.55. The van der Waals surface area contributed by atoms with Crippen LogP contribution >= 0.6 is 83.1 Å². The first-order chi connectivity index (χ1) is 22.8. The fraction of sp³-hybridized carbons (Fsp3) is 0.382. The lowest BCUT2D eigenvalue weighted by molar-refractivity contribution is 0.173. The molecule has 13 heteroatoms. The van der Waals surface area contributed by atoms with Gasteiger partial charge in [-0.1, -0.05) is 54.3 Å². The first kappa shape index (κ1) is 38.2. The van der Waals surface area contributed by atoms with Gasteiger partial charge in [-0.2, -0.15) is 0 Å². The molecule has 0 aliphatic carbocycles. The lowest BCUT2D eigenvalue weighted by Crippen LogP contribution is -2.05. The van der Waals surface area contributed by atoms with Gasteiger partial charge < -0.3 is 19.2 Å². The molecule has 0 fully saturated rings. The average Bonchev–Trinajstić information content (AvgIpc) is 3.91. The Morgan fingerprint density at radius 1 is 0.638 bits per heavy atom. The maximum Gasteiger partial charge on any atom is 0.143 e.